The summed E-state index contributed by atoms with van der Waals surface area (Å²) in [6, 6.07) is 6.29. The van der Waals surface area contributed by atoms with Crippen LogP contribution in [0.25, 0.3) is 0 Å². The van der Waals surface area contributed by atoms with Gasteiger partial charge in [-0.25, -0.2) is 4.39 Å². The molecule has 2 saturated heterocycles. The number of nitrogens with zero attached hydrogens (tertiary/aromatic N) is 2. The van der Waals surface area contributed by atoms with Crippen molar-refractivity contribution in [1.29, 1.82) is 0 Å². The zero-order chi connectivity index (χ0) is 19.5. The fraction of sp³-hybridized carbons (Fsp3) is 0.591. The maximum Gasteiger partial charge on any atom is 0.157 e. The molecule has 1 aliphatic carbocycles. The highest BCUT2D eigenvalue weighted by Crippen LogP contribution is 2.39. The monoisotopic (exact) mass is 403 g/mol. The van der Waals surface area contributed by atoms with Crippen molar-refractivity contribution in [2.75, 3.05) is 45.8 Å². The van der Waals surface area contributed by atoms with Crippen LogP contribution < -0.4 is 5.32 Å². The number of hydrogen-bond acceptors (Lipinski definition) is 5. The molecule has 1 aromatic carbocycles. The third-order valence-electron chi connectivity index (χ3n) is 6.14. The Morgan fingerprint density at radius 1 is 1.21 bits per heavy atom. The van der Waals surface area contributed by atoms with Crippen molar-refractivity contribution in [3.05, 3.63) is 47.3 Å². The van der Waals surface area contributed by atoms with E-state index in [1.54, 1.807) is 12.1 Å². The second-order valence-corrected chi connectivity index (χ2v) is 8.83. The lowest BCUT2D eigenvalue weighted by Crippen LogP contribution is -2.44. The fourth-order valence-electron chi connectivity index (χ4n) is 4.27. The van der Waals surface area contributed by atoms with Gasteiger partial charge < -0.3 is 5.32 Å². The molecule has 2 atom stereocenters. The normalized spacial score (nSPS) is 27.1. The number of rotatable bonds is 6. The summed E-state index contributed by atoms with van der Waals surface area (Å²) in [6.07, 6.45) is 5.06. The van der Waals surface area contributed by atoms with Crippen LogP contribution in [0.1, 0.15) is 30.9 Å². The lowest BCUT2D eigenvalue weighted by Gasteiger charge is -2.38. The number of nitrogens with one attached hydrogen (secondary N) is 1. The standard InChI is InChI=1S/C22H30FN3OS/c23-19-4-2-1-3-18(19)21(22(27)16-5-6-16)26-12-8-20(28)17(15-26)7-11-25-13-9-24-10-14-25/h1-4,7,16,20-21,24,28H,5-6,8-15H2/b17-7-. The molecule has 1 saturated carbocycles. The Morgan fingerprint density at radius 3 is 2.68 bits per heavy atom. The number of likely N-dealkylation sites (tertiary alicyclic amines) is 1. The Balaban J connectivity index is 1.53. The van der Waals surface area contributed by atoms with Crippen LogP contribution in [0.15, 0.2) is 35.9 Å². The van der Waals surface area contributed by atoms with Gasteiger partial charge in [0, 0.05) is 62.5 Å². The van der Waals surface area contributed by atoms with Crippen molar-refractivity contribution < 1.29 is 9.18 Å². The molecule has 2 unspecified atom stereocenters. The second kappa shape index (κ2) is 9.08. The molecule has 0 aromatic heterocycles. The quantitative estimate of drug-likeness (QED) is 0.566. The van der Waals surface area contributed by atoms with Gasteiger partial charge in [0.25, 0.3) is 0 Å². The number of piperidine rings is 1. The van der Waals surface area contributed by atoms with Crippen molar-refractivity contribution in [2.45, 2.75) is 30.6 Å². The summed E-state index contributed by atoms with van der Waals surface area (Å²) in [5, 5.41) is 3.60. The number of carbonyl (C=O) groups excluding carboxylic acids is 1. The molecule has 2 aliphatic heterocycles. The minimum absolute atomic E-state index is 0.103. The number of carbonyl (C=O) groups is 1. The predicted octanol–water partition coefficient (Wildman–Crippen LogP) is 2.68. The summed E-state index contributed by atoms with van der Waals surface area (Å²) < 4.78 is 14.6. The average molecular weight is 404 g/mol. The summed E-state index contributed by atoms with van der Waals surface area (Å²) in [5.74, 6) is 0.0108. The van der Waals surface area contributed by atoms with Crippen LogP contribution in [0, 0.1) is 11.7 Å². The molecular weight excluding hydrogens is 373 g/mol. The molecule has 152 valence electrons. The average Bonchev–Trinajstić information content (AvgIpc) is 3.56. The van der Waals surface area contributed by atoms with Crippen molar-refractivity contribution >= 4 is 18.4 Å². The minimum atomic E-state index is -0.475. The SMILES string of the molecule is O=C(C1CC1)C(c1ccccc1F)N1CCC(S)/C(=C\CN2CCNCC2)C1. The van der Waals surface area contributed by atoms with Crippen LogP contribution in [0.2, 0.25) is 0 Å². The van der Waals surface area contributed by atoms with Gasteiger partial charge in [-0.05, 0) is 30.9 Å². The van der Waals surface area contributed by atoms with Gasteiger partial charge in [-0.1, -0.05) is 24.3 Å². The zero-order valence-corrected chi connectivity index (χ0v) is 17.2. The van der Waals surface area contributed by atoms with E-state index in [1.807, 2.05) is 6.07 Å². The summed E-state index contributed by atoms with van der Waals surface area (Å²) in [6.45, 7) is 6.57. The van der Waals surface area contributed by atoms with Gasteiger partial charge in [0.05, 0.1) is 6.04 Å². The summed E-state index contributed by atoms with van der Waals surface area (Å²) in [7, 11) is 0. The van der Waals surface area contributed by atoms with E-state index in [0.29, 0.717) is 12.1 Å². The maximum absolute atomic E-state index is 14.6. The Hall–Kier alpha value is -1.21. The summed E-state index contributed by atoms with van der Waals surface area (Å²) in [5.41, 5.74) is 1.79. The van der Waals surface area contributed by atoms with Gasteiger partial charge in [-0.3, -0.25) is 14.6 Å². The van der Waals surface area contributed by atoms with E-state index < -0.39 is 6.04 Å². The molecule has 0 radical (unpaired) electrons. The van der Waals surface area contributed by atoms with Crippen LogP contribution in [0.5, 0.6) is 0 Å². The van der Waals surface area contributed by atoms with Crippen molar-refractivity contribution in [1.82, 2.24) is 15.1 Å². The first-order valence-corrected chi connectivity index (χ1v) is 11.0. The predicted molar refractivity (Wildman–Crippen MR) is 113 cm³/mol. The first kappa shape index (κ1) is 20.1. The number of ketones is 1. The molecule has 0 spiro atoms. The van der Waals surface area contributed by atoms with Crippen LogP contribution in [-0.4, -0.2) is 66.6 Å². The molecule has 0 bridgehead atoms. The van der Waals surface area contributed by atoms with Gasteiger partial charge in [-0.2, -0.15) is 12.6 Å². The first-order valence-electron chi connectivity index (χ1n) is 10.5. The third kappa shape index (κ3) is 4.67. The number of thiol groups is 1. The maximum atomic E-state index is 14.6. The molecule has 6 heteroatoms. The van der Waals surface area contributed by atoms with Crippen LogP contribution in [0.3, 0.4) is 0 Å². The topological polar surface area (TPSA) is 35.6 Å². The van der Waals surface area contributed by atoms with E-state index in [2.05, 4.69) is 21.2 Å². The molecule has 3 aliphatic rings. The first-order chi connectivity index (χ1) is 13.6. The molecule has 4 rings (SSSR count). The van der Waals surface area contributed by atoms with E-state index >= 15 is 0 Å². The van der Waals surface area contributed by atoms with Gasteiger partial charge in [-0.15, -0.1) is 0 Å². The van der Waals surface area contributed by atoms with Crippen LogP contribution in [-0.2, 0) is 4.79 Å². The third-order valence-corrected chi connectivity index (χ3v) is 6.73. The summed E-state index contributed by atoms with van der Waals surface area (Å²) in [4.78, 5) is 17.7. The van der Waals surface area contributed by atoms with Crippen LogP contribution >= 0.6 is 12.6 Å². The number of halogens is 1. The largest absolute Gasteiger partial charge is 0.314 e. The van der Waals surface area contributed by atoms with E-state index in [0.717, 1.165) is 58.5 Å². The van der Waals surface area contributed by atoms with Gasteiger partial charge in [0.2, 0.25) is 0 Å². The van der Waals surface area contributed by atoms with Crippen molar-refractivity contribution in [3.63, 3.8) is 0 Å². The number of Topliss-reactive ketones (excluding diaryl/α,β-unsaturated/α-hetero) is 1. The molecule has 3 fully saturated rings. The molecule has 0 amide bonds. The van der Waals surface area contributed by atoms with E-state index in [1.165, 1.54) is 11.6 Å². The van der Waals surface area contributed by atoms with Crippen molar-refractivity contribution in [3.8, 4) is 0 Å². The number of piperazine rings is 1. The molecule has 4 nitrogen and oxygen atoms in total. The van der Waals surface area contributed by atoms with Crippen LogP contribution in [0.4, 0.5) is 4.39 Å². The molecular formula is C22H30FN3OS. The molecule has 2 heterocycles. The minimum Gasteiger partial charge on any atom is -0.314 e. The molecule has 1 N–H and O–H groups in total. The van der Waals surface area contributed by atoms with E-state index in [4.69, 9.17) is 12.6 Å². The van der Waals surface area contributed by atoms with Gasteiger partial charge >= 0.3 is 0 Å². The smallest absolute Gasteiger partial charge is 0.157 e. The van der Waals surface area contributed by atoms with Crippen molar-refractivity contribution in [2.24, 2.45) is 5.92 Å². The highest BCUT2D eigenvalue weighted by atomic mass is 32.1. The summed E-state index contributed by atoms with van der Waals surface area (Å²) >= 11 is 4.79. The Bertz CT molecular complexity index is 730. The molecule has 28 heavy (non-hydrogen) atoms. The zero-order valence-electron chi connectivity index (χ0n) is 16.3. The van der Waals surface area contributed by atoms with Gasteiger partial charge in [0.15, 0.2) is 5.78 Å². The number of hydrogen-bond donors (Lipinski definition) is 2. The van der Waals surface area contributed by atoms with E-state index in [-0.39, 0.29) is 22.8 Å². The highest BCUT2D eigenvalue weighted by Gasteiger charge is 2.40. The van der Waals surface area contributed by atoms with E-state index in [9.17, 15) is 9.18 Å². The van der Waals surface area contributed by atoms with Gasteiger partial charge in [0.1, 0.15) is 5.82 Å². The highest BCUT2D eigenvalue weighted by molar-refractivity contribution is 7.81. The Morgan fingerprint density at radius 2 is 1.96 bits per heavy atom. The Labute approximate surface area is 172 Å². The number of benzene rings is 1. The lowest BCUT2D eigenvalue weighted by molar-refractivity contribution is -0.126. The molecule has 1 aromatic rings. The fourth-order valence-corrected chi connectivity index (χ4v) is 4.57. The Kier molecular flexibility index (Phi) is 6.51. The second-order valence-electron chi connectivity index (χ2n) is 8.21. The lowest BCUT2D eigenvalue weighted by atomic mass is 9.93.